The first-order chi connectivity index (χ1) is 9.58. The highest BCUT2D eigenvalue weighted by molar-refractivity contribution is 5.85. The molecule has 0 spiro atoms. The van der Waals surface area contributed by atoms with E-state index in [9.17, 15) is 4.79 Å². The lowest BCUT2D eigenvalue weighted by Gasteiger charge is -2.37. The van der Waals surface area contributed by atoms with Crippen molar-refractivity contribution in [3.05, 3.63) is 35.9 Å². The van der Waals surface area contributed by atoms with Crippen LogP contribution in [0.4, 0.5) is 0 Å². The summed E-state index contributed by atoms with van der Waals surface area (Å²) < 4.78 is 0. The zero-order chi connectivity index (χ0) is 14.5. The van der Waals surface area contributed by atoms with E-state index >= 15 is 0 Å². The molecule has 0 radical (unpaired) electrons. The first-order valence-corrected chi connectivity index (χ1v) is 7.32. The molecule has 1 aromatic rings. The lowest BCUT2D eigenvalue weighted by molar-refractivity contribution is -0.134. The molecule has 1 aliphatic heterocycles. The van der Waals surface area contributed by atoms with Gasteiger partial charge in [-0.25, -0.2) is 0 Å². The fourth-order valence-electron chi connectivity index (χ4n) is 2.77. The number of carbonyl (C=O) groups is 1. The van der Waals surface area contributed by atoms with Gasteiger partial charge in [0.05, 0.1) is 6.04 Å². The van der Waals surface area contributed by atoms with Crippen molar-refractivity contribution in [2.45, 2.75) is 31.3 Å². The molecule has 0 saturated carbocycles. The van der Waals surface area contributed by atoms with Crippen LogP contribution in [0.15, 0.2) is 30.3 Å². The van der Waals surface area contributed by atoms with Crippen LogP contribution in [0, 0.1) is 0 Å². The largest absolute Gasteiger partial charge is 0.340 e. The molecule has 1 aliphatic rings. The minimum absolute atomic E-state index is 0. The second-order valence-electron chi connectivity index (χ2n) is 5.84. The first-order valence-electron chi connectivity index (χ1n) is 7.32. The summed E-state index contributed by atoms with van der Waals surface area (Å²) in [7, 11) is 4.14. The van der Waals surface area contributed by atoms with E-state index in [0.29, 0.717) is 12.5 Å². The Morgan fingerprint density at radius 1 is 1.32 bits per heavy atom. The van der Waals surface area contributed by atoms with E-state index in [1.165, 1.54) is 0 Å². The summed E-state index contributed by atoms with van der Waals surface area (Å²) in [6.45, 7) is 1.64. The van der Waals surface area contributed by atoms with Crippen molar-refractivity contribution < 1.29 is 4.79 Å². The van der Waals surface area contributed by atoms with E-state index < -0.39 is 6.04 Å². The predicted octanol–water partition coefficient (Wildman–Crippen LogP) is 1.95. The smallest absolute Gasteiger partial charge is 0.239 e. The van der Waals surface area contributed by atoms with Crippen molar-refractivity contribution in [3.8, 4) is 0 Å². The van der Waals surface area contributed by atoms with Crippen LogP contribution in [-0.2, 0) is 11.2 Å². The van der Waals surface area contributed by atoms with Crippen molar-refractivity contribution in [3.63, 3.8) is 0 Å². The molecular formula is C16H27Cl2N3O. The van der Waals surface area contributed by atoms with Gasteiger partial charge in [-0.1, -0.05) is 30.3 Å². The Kier molecular flexibility index (Phi) is 9.69. The molecule has 2 atom stereocenters. The SMILES string of the molecule is CN(C)C1CCCN(C(=O)[C@@H](N)Cc2ccccc2)C1.Cl.Cl. The van der Waals surface area contributed by atoms with Gasteiger partial charge < -0.3 is 15.5 Å². The Balaban J connectivity index is 0.00000220. The third kappa shape index (κ3) is 5.76. The average molecular weight is 348 g/mol. The second-order valence-corrected chi connectivity index (χ2v) is 5.84. The number of nitrogens with two attached hydrogens (primary N) is 1. The number of hydrogen-bond donors (Lipinski definition) is 1. The highest BCUT2D eigenvalue weighted by Crippen LogP contribution is 2.15. The Morgan fingerprint density at radius 3 is 2.55 bits per heavy atom. The van der Waals surface area contributed by atoms with E-state index in [1.807, 2.05) is 35.2 Å². The van der Waals surface area contributed by atoms with Crippen molar-refractivity contribution in [1.29, 1.82) is 0 Å². The number of amides is 1. The molecule has 1 unspecified atom stereocenters. The maximum absolute atomic E-state index is 12.5. The molecule has 1 heterocycles. The molecule has 6 heteroatoms. The maximum Gasteiger partial charge on any atom is 0.239 e. The summed E-state index contributed by atoms with van der Waals surface area (Å²) in [5, 5.41) is 0. The number of nitrogens with zero attached hydrogens (tertiary/aromatic N) is 2. The third-order valence-corrected chi connectivity index (χ3v) is 4.05. The van der Waals surface area contributed by atoms with E-state index in [-0.39, 0.29) is 30.7 Å². The Labute approximate surface area is 145 Å². The van der Waals surface area contributed by atoms with Gasteiger partial charge in [0.1, 0.15) is 0 Å². The molecule has 1 fully saturated rings. The van der Waals surface area contributed by atoms with Gasteiger partial charge in [-0.15, -0.1) is 24.8 Å². The van der Waals surface area contributed by atoms with Crippen LogP contribution in [0.3, 0.4) is 0 Å². The van der Waals surface area contributed by atoms with Crippen LogP contribution < -0.4 is 5.73 Å². The summed E-state index contributed by atoms with van der Waals surface area (Å²) in [5.74, 6) is 0.0837. The van der Waals surface area contributed by atoms with Crippen LogP contribution in [0.2, 0.25) is 0 Å². The minimum Gasteiger partial charge on any atom is -0.340 e. The summed E-state index contributed by atoms with van der Waals surface area (Å²) in [4.78, 5) is 16.6. The van der Waals surface area contributed by atoms with E-state index in [1.54, 1.807) is 0 Å². The fraction of sp³-hybridized carbons (Fsp3) is 0.562. The lowest BCUT2D eigenvalue weighted by atomic mass is 10.0. The van der Waals surface area contributed by atoms with Crippen LogP contribution in [-0.4, -0.2) is 55.0 Å². The molecule has 0 aromatic heterocycles. The molecule has 0 bridgehead atoms. The van der Waals surface area contributed by atoms with Crippen molar-refractivity contribution in [2.24, 2.45) is 5.73 Å². The molecule has 2 N–H and O–H groups in total. The van der Waals surface area contributed by atoms with Crippen LogP contribution in [0.25, 0.3) is 0 Å². The summed E-state index contributed by atoms with van der Waals surface area (Å²) in [6.07, 6.45) is 2.83. The van der Waals surface area contributed by atoms with Gasteiger partial charge in [0.15, 0.2) is 0 Å². The van der Waals surface area contributed by atoms with E-state index in [0.717, 1.165) is 31.5 Å². The third-order valence-electron chi connectivity index (χ3n) is 4.05. The number of rotatable bonds is 4. The van der Waals surface area contributed by atoms with Gasteiger partial charge in [-0.05, 0) is 38.9 Å². The Bertz CT molecular complexity index is 442. The number of carbonyl (C=O) groups excluding carboxylic acids is 1. The van der Waals surface area contributed by atoms with Gasteiger partial charge in [-0.2, -0.15) is 0 Å². The number of likely N-dealkylation sites (N-methyl/N-ethyl adjacent to an activating group) is 1. The highest BCUT2D eigenvalue weighted by Gasteiger charge is 2.27. The van der Waals surface area contributed by atoms with Crippen molar-refractivity contribution in [2.75, 3.05) is 27.2 Å². The number of hydrogen-bond acceptors (Lipinski definition) is 3. The standard InChI is InChI=1S/C16H25N3O.2ClH/c1-18(2)14-9-6-10-19(12-14)16(20)15(17)11-13-7-4-3-5-8-13;;/h3-5,7-8,14-15H,6,9-12,17H2,1-2H3;2*1H/t14?,15-;;/m0../s1. The highest BCUT2D eigenvalue weighted by atomic mass is 35.5. The molecule has 4 nitrogen and oxygen atoms in total. The molecule has 22 heavy (non-hydrogen) atoms. The number of halogens is 2. The lowest BCUT2D eigenvalue weighted by Crippen LogP contribution is -2.52. The van der Waals surface area contributed by atoms with Gasteiger partial charge >= 0.3 is 0 Å². The van der Waals surface area contributed by atoms with Gasteiger partial charge in [-0.3, -0.25) is 4.79 Å². The second kappa shape index (κ2) is 10.1. The maximum atomic E-state index is 12.5. The molecule has 126 valence electrons. The van der Waals surface area contributed by atoms with Crippen LogP contribution in [0.1, 0.15) is 18.4 Å². The quantitative estimate of drug-likeness (QED) is 0.905. The minimum atomic E-state index is -0.432. The molecule has 2 rings (SSSR count). The Hall–Kier alpha value is -0.810. The van der Waals surface area contributed by atoms with E-state index in [2.05, 4.69) is 19.0 Å². The number of likely N-dealkylation sites (tertiary alicyclic amines) is 1. The number of piperidine rings is 1. The number of benzene rings is 1. The van der Waals surface area contributed by atoms with Crippen molar-refractivity contribution >= 4 is 30.7 Å². The molecule has 1 aromatic carbocycles. The van der Waals surface area contributed by atoms with Crippen molar-refractivity contribution in [1.82, 2.24) is 9.80 Å². The van der Waals surface area contributed by atoms with Gasteiger partial charge in [0, 0.05) is 19.1 Å². The van der Waals surface area contributed by atoms with Crippen LogP contribution >= 0.6 is 24.8 Å². The van der Waals surface area contributed by atoms with Crippen LogP contribution in [0.5, 0.6) is 0 Å². The zero-order valence-corrected chi connectivity index (χ0v) is 14.9. The summed E-state index contributed by atoms with van der Waals surface area (Å²) in [5.41, 5.74) is 7.22. The van der Waals surface area contributed by atoms with Gasteiger partial charge in [0.2, 0.25) is 5.91 Å². The zero-order valence-electron chi connectivity index (χ0n) is 13.3. The predicted molar refractivity (Wildman–Crippen MR) is 95.9 cm³/mol. The molecule has 1 saturated heterocycles. The Morgan fingerprint density at radius 2 is 1.95 bits per heavy atom. The van der Waals surface area contributed by atoms with Gasteiger partial charge in [0.25, 0.3) is 0 Å². The topological polar surface area (TPSA) is 49.6 Å². The first kappa shape index (κ1) is 21.2. The molecule has 0 aliphatic carbocycles. The summed E-state index contributed by atoms with van der Waals surface area (Å²) >= 11 is 0. The average Bonchev–Trinajstić information content (AvgIpc) is 2.47. The fourth-order valence-corrected chi connectivity index (χ4v) is 2.77. The molecular weight excluding hydrogens is 321 g/mol. The van der Waals surface area contributed by atoms with E-state index in [4.69, 9.17) is 5.73 Å². The monoisotopic (exact) mass is 347 g/mol. The molecule has 1 amide bonds. The normalized spacial score (nSPS) is 19.1. The summed E-state index contributed by atoms with van der Waals surface area (Å²) in [6, 6.07) is 10.0.